The smallest absolute Gasteiger partial charge is 0.255 e. The fourth-order valence-corrected chi connectivity index (χ4v) is 3.68. The van der Waals surface area contributed by atoms with Gasteiger partial charge in [0.25, 0.3) is 0 Å². The molecule has 2 aromatic carbocycles. The number of hydrogen-bond acceptors (Lipinski definition) is 5. The molecule has 0 N–H and O–H groups in total. The Labute approximate surface area is 166 Å². The number of aryl methyl sites for hydroxylation is 1. The lowest BCUT2D eigenvalue weighted by Gasteiger charge is -2.11. The Balaban J connectivity index is 1.84. The van der Waals surface area contributed by atoms with Crippen LogP contribution in [-0.2, 0) is 19.0 Å². The van der Waals surface area contributed by atoms with E-state index in [1.54, 1.807) is 13.1 Å². The average Bonchev–Trinajstić information content (AvgIpc) is 3.12. The predicted molar refractivity (Wildman–Crippen MR) is 100 cm³/mol. The minimum absolute atomic E-state index is 0.106. The summed E-state index contributed by atoms with van der Waals surface area (Å²) in [5.74, 6) is -1.70. The summed E-state index contributed by atoms with van der Waals surface area (Å²) in [6.45, 7) is 0. The molecule has 0 aliphatic carbocycles. The van der Waals surface area contributed by atoms with Gasteiger partial charge in [-0.1, -0.05) is 35.5 Å². The maximum absolute atomic E-state index is 14.7. The molecule has 0 fully saturated rings. The Morgan fingerprint density at radius 3 is 2.48 bits per heavy atom. The van der Waals surface area contributed by atoms with Gasteiger partial charge in [-0.25, -0.2) is 14.4 Å². The van der Waals surface area contributed by atoms with Gasteiger partial charge in [0, 0.05) is 23.1 Å². The molecule has 4 rings (SSSR count). The molecule has 2 aromatic heterocycles. The second kappa shape index (κ2) is 7.43. The molecule has 0 saturated carbocycles. The molecule has 4 aromatic rings. The summed E-state index contributed by atoms with van der Waals surface area (Å²) < 4.78 is 55.8. The first-order valence-electron chi connectivity index (χ1n) is 8.43. The highest BCUT2D eigenvalue weighted by atomic mass is 32.2. The number of rotatable bonds is 4. The van der Waals surface area contributed by atoms with Crippen LogP contribution in [0.3, 0.4) is 0 Å². The molecule has 29 heavy (non-hydrogen) atoms. The van der Waals surface area contributed by atoms with Gasteiger partial charge < -0.3 is 0 Å². The summed E-state index contributed by atoms with van der Waals surface area (Å²) in [6, 6.07) is 12.3. The molecule has 0 aliphatic rings. The molecule has 0 saturated heterocycles. The van der Waals surface area contributed by atoms with Crippen LogP contribution in [0.5, 0.6) is 0 Å². The number of aromatic nitrogens is 5. The van der Waals surface area contributed by atoms with Crippen LogP contribution < -0.4 is 0 Å². The van der Waals surface area contributed by atoms with Crippen molar-refractivity contribution in [2.75, 3.05) is 0 Å². The Kier molecular flexibility index (Phi) is 4.95. The van der Waals surface area contributed by atoms with Gasteiger partial charge in [0.15, 0.2) is 5.82 Å². The molecule has 0 aliphatic heterocycles. The van der Waals surface area contributed by atoms with Crippen molar-refractivity contribution in [3.8, 4) is 11.4 Å². The standard InChI is InChI=1S/C19H13F4N5S/c1-28-9-15(26-27-28)17-13-7-12(29-10-11-5-3-2-4-6-11)8-14(20)16(13)24-18(25-17)19(21,22)23/h2-9H,10H2,1H3. The largest absolute Gasteiger partial charge is 0.451 e. The average molecular weight is 419 g/mol. The van der Waals surface area contributed by atoms with E-state index in [0.29, 0.717) is 10.6 Å². The lowest BCUT2D eigenvalue weighted by Crippen LogP contribution is -2.12. The highest BCUT2D eigenvalue weighted by molar-refractivity contribution is 7.98. The molecule has 2 heterocycles. The van der Waals surface area contributed by atoms with Crippen LogP contribution in [0.25, 0.3) is 22.3 Å². The van der Waals surface area contributed by atoms with Crippen molar-refractivity contribution in [3.05, 3.63) is 65.9 Å². The summed E-state index contributed by atoms with van der Waals surface area (Å²) in [5, 5.41) is 7.72. The van der Waals surface area contributed by atoms with Crippen LogP contribution in [0.4, 0.5) is 17.6 Å². The third kappa shape index (κ3) is 4.07. The topological polar surface area (TPSA) is 56.5 Å². The Morgan fingerprint density at radius 1 is 1.07 bits per heavy atom. The summed E-state index contributed by atoms with van der Waals surface area (Å²) >= 11 is 1.36. The normalized spacial score (nSPS) is 11.9. The number of benzene rings is 2. The minimum Gasteiger partial charge on any atom is -0.255 e. The van der Waals surface area contributed by atoms with Crippen LogP contribution in [0, 0.1) is 5.82 Å². The van der Waals surface area contributed by atoms with Crippen molar-refractivity contribution in [2.24, 2.45) is 7.05 Å². The van der Waals surface area contributed by atoms with Crippen molar-refractivity contribution in [2.45, 2.75) is 16.8 Å². The number of halogens is 4. The maximum atomic E-state index is 14.7. The van der Waals surface area contributed by atoms with Crippen molar-refractivity contribution in [3.63, 3.8) is 0 Å². The van der Waals surface area contributed by atoms with Crippen LogP contribution in [0.15, 0.2) is 53.6 Å². The quantitative estimate of drug-likeness (QED) is 0.349. The van der Waals surface area contributed by atoms with Crippen LogP contribution in [0.1, 0.15) is 11.4 Å². The lowest BCUT2D eigenvalue weighted by molar-refractivity contribution is -0.144. The highest BCUT2D eigenvalue weighted by Crippen LogP contribution is 2.35. The van der Waals surface area contributed by atoms with E-state index < -0.39 is 23.3 Å². The zero-order valence-electron chi connectivity index (χ0n) is 15.0. The molecule has 0 amide bonds. The molecule has 0 radical (unpaired) electrons. The highest BCUT2D eigenvalue weighted by Gasteiger charge is 2.36. The Hall–Kier alpha value is -3.01. The molecule has 0 bridgehead atoms. The number of hydrogen-bond donors (Lipinski definition) is 0. The van der Waals surface area contributed by atoms with Gasteiger partial charge in [0.2, 0.25) is 5.82 Å². The first kappa shape index (κ1) is 19.3. The Morgan fingerprint density at radius 2 is 1.83 bits per heavy atom. The first-order chi connectivity index (χ1) is 13.8. The van der Waals surface area contributed by atoms with Gasteiger partial charge in [0.1, 0.15) is 16.9 Å². The van der Waals surface area contributed by atoms with E-state index in [0.717, 1.165) is 5.56 Å². The zero-order valence-corrected chi connectivity index (χ0v) is 15.8. The molecule has 0 unspecified atom stereocenters. The van der Waals surface area contributed by atoms with E-state index >= 15 is 0 Å². The second-order valence-corrected chi connectivity index (χ2v) is 7.30. The van der Waals surface area contributed by atoms with Crippen molar-refractivity contribution < 1.29 is 17.6 Å². The monoisotopic (exact) mass is 419 g/mol. The minimum atomic E-state index is -4.82. The maximum Gasteiger partial charge on any atom is 0.451 e. The predicted octanol–water partition coefficient (Wildman–Crippen LogP) is 4.88. The summed E-state index contributed by atoms with van der Waals surface area (Å²) in [4.78, 5) is 7.60. The van der Waals surface area contributed by atoms with Crippen LogP contribution >= 0.6 is 11.8 Å². The SMILES string of the molecule is Cn1cc(-c2nc(C(F)(F)F)nc3c(F)cc(SCc4ccccc4)cc23)nn1. The fraction of sp³-hybridized carbons (Fsp3) is 0.158. The van der Waals surface area contributed by atoms with E-state index in [9.17, 15) is 17.6 Å². The van der Waals surface area contributed by atoms with Gasteiger partial charge >= 0.3 is 6.18 Å². The van der Waals surface area contributed by atoms with Crippen LogP contribution in [0.2, 0.25) is 0 Å². The zero-order chi connectivity index (χ0) is 20.6. The second-order valence-electron chi connectivity index (χ2n) is 6.25. The molecule has 10 heteroatoms. The number of thioether (sulfide) groups is 1. The van der Waals surface area contributed by atoms with E-state index in [4.69, 9.17) is 0 Å². The molecule has 148 valence electrons. The number of alkyl halides is 3. The number of fused-ring (bicyclic) bond motifs is 1. The molecule has 5 nitrogen and oxygen atoms in total. The van der Waals surface area contributed by atoms with Crippen molar-refractivity contribution in [1.29, 1.82) is 0 Å². The van der Waals surface area contributed by atoms with E-state index in [2.05, 4.69) is 20.3 Å². The van der Waals surface area contributed by atoms with E-state index in [1.807, 2.05) is 30.3 Å². The van der Waals surface area contributed by atoms with Crippen LogP contribution in [-0.4, -0.2) is 25.0 Å². The third-order valence-corrected chi connectivity index (χ3v) is 5.12. The molecular formula is C19H13F4N5S. The summed E-state index contributed by atoms with van der Waals surface area (Å²) in [7, 11) is 1.58. The third-order valence-electron chi connectivity index (χ3n) is 4.07. The van der Waals surface area contributed by atoms with Gasteiger partial charge in [-0.3, -0.25) is 4.68 Å². The van der Waals surface area contributed by atoms with Gasteiger partial charge in [-0.15, -0.1) is 16.9 Å². The van der Waals surface area contributed by atoms with E-state index in [1.165, 1.54) is 28.7 Å². The van der Waals surface area contributed by atoms with Gasteiger partial charge in [-0.05, 0) is 17.7 Å². The van der Waals surface area contributed by atoms with Gasteiger partial charge in [-0.2, -0.15) is 13.2 Å². The summed E-state index contributed by atoms with van der Waals surface area (Å²) in [5.41, 5.74) is 0.624. The molecule has 0 atom stereocenters. The van der Waals surface area contributed by atoms with Crippen molar-refractivity contribution >= 4 is 22.7 Å². The van der Waals surface area contributed by atoms with E-state index in [-0.39, 0.29) is 16.8 Å². The van der Waals surface area contributed by atoms with Gasteiger partial charge in [0.05, 0.1) is 6.20 Å². The fourth-order valence-electron chi connectivity index (χ4n) is 2.77. The Bertz CT molecular complexity index is 1170. The molecular weight excluding hydrogens is 406 g/mol. The summed E-state index contributed by atoms with van der Waals surface area (Å²) in [6.07, 6.45) is -3.40. The first-order valence-corrected chi connectivity index (χ1v) is 9.42. The lowest BCUT2D eigenvalue weighted by atomic mass is 10.1. The van der Waals surface area contributed by atoms with Crippen molar-refractivity contribution in [1.82, 2.24) is 25.0 Å². The number of nitrogens with zero attached hydrogens (tertiary/aromatic N) is 5. The molecule has 0 spiro atoms.